The molecule has 3 aromatic carbocycles. The van der Waals surface area contributed by atoms with Gasteiger partial charge in [-0.15, -0.1) is 0 Å². The SMILES string of the molecule is O=C1S/C(=C\c2cc(Br)ccc2OCc2c(F)cccc2Cl)C(=O)N1Cc1c(Cl)cccc1Cl. The van der Waals surface area contributed by atoms with E-state index in [0.29, 0.717) is 26.9 Å². The predicted molar refractivity (Wildman–Crippen MR) is 138 cm³/mol. The lowest BCUT2D eigenvalue weighted by molar-refractivity contribution is -0.123. The van der Waals surface area contributed by atoms with E-state index in [1.807, 2.05) is 0 Å². The maximum absolute atomic E-state index is 14.1. The van der Waals surface area contributed by atoms with Crippen LogP contribution in [0.4, 0.5) is 9.18 Å². The highest BCUT2D eigenvalue weighted by Crippen LogP contribution is 2.37. The average Bonchev–Trinajstić information content (AvgIpc) is 3.04. The Morgan fingerprint density at radius 1 is 0.971 bits per heavy atom. The molecule has 0 bridgehead atoms. The van der Waals surface area contributed by atoms with Gasteiger partial charge in [0.1, 0.15) is 18.2 Å². The molecule has 2 amide bonds. The molecule has 0 atom stereocenters. The Morgan fingerprint density at radius 2 is 1.62 bits per heavy atom. The average molecular weight is 602 g/mol. The van der Waals surface area contributed by atoms with E-state index in [0.717, 1.165) is 21.1 Å². The lowest BCUT2D eigenvalue weighted by Gasteiger charge is -2.15. The second kappa shape index (κ2) is 10.7. The molecule has 0 saturated carbocycles. The van der Waals surface area contributed by atoms with Crippen molar-refractivity contribution in [1.82, 2.24) is 4.90 Å². The van der Waals surface area contributed by atoms with Gasteiger partial charge in [-0.3, -0.25) is 14.5 Å². The lowest BCUT2D eigenvalue weighted by Crippen LogP contribution is -2.27. The zero-order chi connectivity index (χ0) is 24.4. The summed E-state index contributed by atoms with van der Waals surface area (Å²) in [7, 11) is 0. The third-order valence-electron chi connectivity index (χ3n) is 4.94. The Bertz CT molecular complexity index is 1290. The molecule has 4 rings (SSSR count). The van der Waals surface area contributed by atoms with Gasteiger partial charge in [0.05, 0.1) is 16.5 Å². The summed E-state index contributed by atoms with van der Waals surface area (Å²) in [5.74, 6) is -0.567. The first-order chi connectivity index (χ1) is 16.2. The third kappa shape index (κ3) is 5.44. The fourth-order valence-corrected chi connectivity index (χ4v) is 5.15. The molecule has 1 aliphatic heterocycles. The molecule has 0 spiro atoms. The molecule has 0 N–H and O–H groups in total. The summed E-state index contributed by atoms with van der Waals surface area (Å²) in [5.41, 5.74) is 1.24. The van der Waals surface area contributed by atoms with E-state index >= 15 is 0 Å². The van der Waals surface area contributed by atoms with Crippen LogP contribution in [0.1, 0.15) is 16.7 Å². The second-order valence-electron chi connectivity index (χ2n) is 7.14. The fraction of sp³-hybridized carbons (Fsp3) is 0.0833. The fourth-order valence-electron chi connectivity index (χ4n) is 3.20. The van der Waals surface area contributed by atoms with Crippen LogP contribution >= 0.6 is 62.5 Å². The van der Waals surface area contributed by atoms with Gasteiger partial charge < -0.3 is 4.74 Å². The molecule has 1 fully saturated rings. The van der Waals surface area contributed by atoms with Crippen LogP contribution in [0.3, 0.4) is 0 Å². The lowest BCUT2D eigenvalue weighted by atomic mass is 10.1. The number of hydrogen-bond acceptors (Lipinski definition) is 4. The first-order valence-electron chi connectivity index (χ1n) is 9.78. The normalized spacial score (nSPS) is 14.9. The number of carbonyl (C=O) groups is 2. The molecule has 1 aliphatic rings. The van der Waals surface area contributed by atoms with Gasteiger partial charge in [-0.05, 0) is 60.3 Å². The maximum Gasteiger partial charge on any atom is 0.293 e. The van der Waals surface area contributed by atoms with E-state index in [2.05, 4.69) is 15.9 Å². The van der Waals surface area contributed by atoms with E-state index in [1.54, 1.807) is 48.5 Å². The van der Waals surface area contributed by atoms with Crippen molar-refractivity contribution in [3.05, 3.63) is 102 Å². The van der Waals surface area contributed by atoms with Crippen molar-refractivity contribution in [2.24, 2.45) is 0 Å². The monoisotopic (exact) mass is 599 g/mol. The Kier molecular flexibility index (Phi) is 7.90. The summed E-state index contributed by atoms with van der Waals surface area (Å²) < 4.78 is 20.7. The van der Waals surface area contributed by atoms with E-state index < -0.39 is 17.0 Å². The van der Waals surface area contributed by atoms with Gasteiger partial charge in [-0.2, -0.15) is 0 Å². The zero-order valence-electron chi connectivity index (χ0n) is 17.2. The molecule has 174 valence electrons. The highest BCUT2D eigenvalue weighted by molar-refractivity contribution is 9.10. The van der Waals surface area contributed by atoms with E-state index in [1.165, 1.54) is 12.1 Å². The summed E-state index contributed by atoms with van der Waals surface area (Å²) in [4.78, 5) is 26.9. The third-order valence-corrected chi connectivity index (χ3v) is 7.41. The van der Waals surface area contributed by atoms with Gasteiger partial charge in [-0.1, -0.05) is 62.9 Å². The Labute approximate surface area is 222 Å². The topological polar surface area (TPSA) is 46.6 Å². The highest BCUT2D eigenvalue weighted by Gasteiger charge is 2.36. The summed E-state index contributed by atoms with van der Waals surface area (Å²) in [6, 6.07) is 14.5. The smallest absolute Gasteiger partial charge is 0.293 e. The van der Waals surface area contributed by atoms with E-state index in [9.17, 15) is 14.0 Å². The molecular weight excluding hydrogens is 588 g/mol. The molecule has 0 aliphatic carbocycles. The Balaban J connectivity index is 1.59. The molecular formula is C24H14BrCl3FNO3S. The number of amides is 2. The summed E-state index contributed by atoms with van der Waals surface area (Å²) in [5, 5.41) is 0.538. The molecule has 10 heteroatoms. The van der Waals surface area contributed by atoms with Crippen molar-refractivity contribution in [2.45, 2.75) is 13.2 Å². The van der Waals surface area contributed by atoms with Crippen LogP contribution in [0.25, 0.3) is 6.08 Å². The molecule has 0 radical (unpaired) electrons. The first-order valence-corrected chi connectivity index (χ1v) is 12.5. The summed E-state index contributed by atoms with van der Waals surface area (Å²) in [6.45, 7) is -0.158. The molecule has 1 saturated heterocycles. The van der Waals surface area contributed by atoms with Crippen LogP contribution in [0, 0.1) is 5.82 Å². The van der Waals surface area contributed by atoms with Gasteiger partial charge in [0.15, 0.2) is 0 Å². The summed E-state index contributed by atoms with van der Waals surface area (Å²) in [6.07, 6.45) is 1.56. The minimum absolute atomic E-state index is 0.0475. The van der Waals surface area contributed by atoms with Gasteiger partial charge in [0.25, 0.3) is 11.1 Å². The van der Waals surface area contributed by atoms with Gasteiger partial charge in [0, 0.05) is 31.2 Å². The standard InChI is InChI=1S/C24H14BrCl3FNO3S/c25-14-7-8-21(33-12-16-19(28)5-2-6-20(16)29)13(9-14)10-22-23(31)30(24(32)34-22)11-15-17(26)3-1-4-18(15)27/h1-10H,11-12H2/b22-10-. The second-order valence-corrected chi connectivity index (χ2v) is 10.3. The van der Waals surface area contributed by atoms with Crippen molar-refractivity contribution in [3.8, 4) is 5.75 Å². The number of thioether (sulfide) groups is 1. The number of hydrogen-bond donors (Lipinski definition) is 0. The van der Waals surface area contributed by atoms with Crippen molar-refractivity contribution < 1.29 is 18.7 Å². The number of imide groups is 1. The van der Waals surface area contributed by atoms with Crippen molar-refractivity contribution >= 4 is 79.7 Å². The quantitative estimate of drug-likeness (QED) is 0.267. The molecule has 34 heavy (non-hydrogen) atoms. The highest BCUT2D eigenvalue weighted by atomic mass is 79.9. The number of benzene rings is 3. The van der Waals surface area contributed by atoms with Crippen LogP contribution < -0.4 is 4.74 Å². The number of rotatable bonds is 6. The zero-order valence-corrected chi connectivity index (χ0v) is 21.8. The van der Waals surface area contributed by atoms with Crippen LogP contribution in [0.5, 0.6) is 5.75 Å². The Morgan fingerprint density at radius 3 is 2.29 bits per heavy atom. The maximum atomic E-state index is 14.1. The minimum Gasteiger partial charge on any atom is -0.488 e. The van der Waals surface area contributed by atoms with E-state index in [-0.39, 0.29) is 28.6 Å². The summed E-state index contributed by atoms with van der Waals surface area (Å²) >= 11 is 22.7. The van der Waals surface area contributed by atoms with Crippen LogP contribution in [-0.2, 0) is 17.9 Å². The van der Waals surface area contributed by atoms with Crippen LogP contribution in [-0.4, -0.2) is 16.0 Å². The molecule has 4 nitrogen and oxygen atoms in total. The minimum atomic E-state index is -0.481. The molecule has 0 aromatic heterocycles. The van der Waals surface area contributed by atoms with Gasteiger partial charge in [-0.25, -0.2) is 4.39 Å². The van der Waals surface area contributed by atoms with Gasteiger partial charge in [0.2, 0.25) is 0 Å². The predicted octanol–water partition coefficient (Wildman–Crippen LogP) is 8.36. The molecule has 1 heterocycles. The number of ether oxygens (including phenoxy) is 1. The molecule has 0 unspecified atom stereocenters. The number of nitrogens with zero attached hydrogens (tertiary/aromatic N) is 1. The van der Waals surface area contributed by atoms with Crippen LogP contribution in [0.2, 0.25) is 15.1 Å². The number of halogens is 5. The van der Waals surface area contributed by atoms with Crippen molar-refractivity contribution in [3.63, 3.8) is 0 Å². The first kappa shape index (κ1) is 25.1. The van der Waals surface area contributed by atoms with Crippen molar-refractivity contribution in [1.29, 1.82) is 0 Å². The van der Waals surface area contributed by atoms with Crippen molar-refractivity contribution in [2.75, 3.05) is 0 Å². The Hall–Kier alpha value is -2.03. The molecule has 3 aromatic rings. The van der Waals surface area contributed by atoms with Crippen LogP contribution in [0.15, 0.2) is 64.0 Å². The largest absolute Gasteiger partial charge is 0.488 e. The van der Waals surface area contributed by atoms with E-state index in [4.69, 9.17) is 39.5 Å². The van der Waals surface area contributed by atoms with Gasteiger partial charge >= 0.3 is 0 Å². The number of carbonyl (C=O) groups excluding carboxylic acids is 2.